The summed E-state index contributed by atoms with van der Waals surface area (Å²) >= 11 is 0. The third-order valence-corrected chi connectivity index (χ3v) is 5.58. The van der Waals surface area contributed by atoms with E-state index in [0.717, 1.165) is 16.7 Å². The van der Waals surface area contributed by atoms with Crippen molar-refractivity contribution in [3.8, 4) is 0 Å². The number of benzene rings is 3. The Hall–Kier alpha value is -4.19. The summed E-state index contributed by atoms with van der Waals surface area (Å²) in [6.07, 6.45) is 4.06. The highest BCUT2D eigenvalue weighted by atomic mass is 16.4. The van der Waals surface area contributed by atoms with Crippen molar-refractivity contribution in [3.05, 3.63) is 126 Å². The maximum atomic E-state index is 11.5. The number of aliphatic carboxylic acids is 1. The normalized spacial score (nSPS) is 12.1. The average Bonchev–Trinajstić information content (AvgIpc) is 3.30. The summed E-state index contributed by atoms with van der Waals surface area (Å²) in [4.78, 5) is 26.8. The molecular formula is C26H23N3O3. The lowest BCUT2D eigenvalue weighted by Crippen LogP contribution is -2.38. The van der Waals surface area contributed by atoms with E-state index in [2.05, 4.69) is 46.7 Å². The fraction of sp³-hybridized carbons (Fsp3) is 0.115. The molecule has 1 unspecified atom stereocenters. The number of carboxylic acids is 1. The van der Waals surface area contributed by atoms with Crippen molar-refractivity contribution in [2.45, 2.75) is 18.0 Å². The molecule has 4 rings (SSSR count). The molecule has 0 saturated heterocycles. The van der Waals surface area contributed by atoms with E-state index in [1.807, 2.05) is 65.4 Å². The quantitative estimate of drug-likeness (QED) is 0.318. The van der Waals surface area contributed by atoms with Gasteiger partial charge < -0.3 is 15.0 Å². The highest BCUT2D eigenvalue weighted by molar-refractivity contribution is 5.76. The molecule has 2 N–H and O–H groups in total. The molecule has 0 spiro atoms. The van der Waals surface area contributed by atoms with Crippen LogP contribution in [0.2, 0.25) is 0 Å². The second-order valence-electron chi connectivity index (χ2n) is 7.46. The third-order valence-electron chi connectivity index (χ3n) is 5.58. The highest BCUT2D eigenvalue weighted by Gasteiger charge is 2.38. The number of aromatic nitrogens is 2. The smallest absolute Gasteiger partial charge is 0.326 e. The van der Waals surface area contributed by atoms with Gasteiger partial charge in [-0.25, -0.2) is 9.78 Å². The van der Waals surface area contributed by atoms with Crippen LogP contribution in [0.15, 0.2) is 104 Å². The Morgan fingerprint density at radius 2 is 1.38 bits per heavy atom. The van der Waals surface area contributed by atoms with E-state index in [9.17, 15) is 14.7 Å². The van der Waals surface area contributed by atoms with Gasteiger partial charge in [0.1, 0.15) is 11.6 Å². The topological polar surface area (TPSA) is 84.2 Å². The number of amides is 1. The molecule has 0 radical (unpaired) electrons. The average molecular weight is 425 g/mol. The Bertz CT molecular complexity index is 1080. The SMILES string of the molecule is O=CNC(Cc1cn(C(c2ccccc2)(c2ccccc2)c2ccccc2)cn1)C(=O)O. The molecule has 160 valence electrons. The van der Waals surface area contributed by atoms with Crippen molar-refractivity contribution < 1.29 is 14.7 Å². The van der Waals surface area contributed by atoms with E-state index < -0.39 is 17.6 Å². The molecule has 0 aliphatic rings. The van der Waals surface area contributed by atoms with Gasteiger partial charge in [0.05, 0.1) is 12.0 Å². The molecule has 1 aromatic heterocycles. The van der Waals surface area contributed by atoms with Gasteiger partial charge in [-0.2, -0.15) is 0 Å². The van der Waals surface area contributed by atoms with E-state index in [1.165, 1.54) is 0 Å². The summed E-state index contributed by atoms with van der Waals surface area (Å²) in [6.45, 7) is 0. The lowest BCUT2D eigenvalue weighted by Gasteiger charge is -2.37. The predicted octanol–water partition coefficient (Wildman–Crippen LogP) is 3.47. The van der Waals surface area contributed by atoms with Gasteiger partial charge in [0, 0.05) is 12.6 Å². The van der Waals surface area contributed by atoms with Gasteiger partial charge in [-0.15, -0.1) is 0 Å². The van der Waals surface area contributed by atoms with Crippen LogP contribution in [0.3, 0.4) is 0 Å². The fourth-order valence-electron chi connectivity index (χ4n) is 4.15. The van der Waals surface area contributed by atoms with Gasteiger partial charge in [-0.1, -0.05) is 91.0 Å². The van der Waals surface area contributed by atoms with Crippen molar-refractivity contribution >= 4 is 12.4 Å². The summed E-state index contributed by atoms with van der Waals surface area (Å²) in [5, 5.41) is 11.8. The molecule has 1 amide bonds. The van der Waals surface area contributed by atoms with Gasteiger partial charge >= 0.3 is 5.97 Å². The van der Waals surface area contributed by atoms with Crippen LogP contribution in [-0.2, 0) is 21.5 Å². The van der Waals surface area contributed by atoms with Crippen LogP contribution in [0, 0.1) is 0 Å². The Morgan fingerprint density at radius 1 is 0.906 bits per heavy atom. The number of carbonyl (C=O) groups is 2. The molecule has 1 atom stereocenters. The summed E-state index contributed by atoms with van der Waals surface area (Å²) in [6, 6.07) is 29.4. The molecular weight excluding hydrogens is 402 g/mol. The maximum absolute atomic E-state index is 11.5. The summed E-state index contributed by atoms with van der Waals surface area (Å²) in [7, 11) is 0. The van der Waals surface area contributed by atoms with E-state index in [0.29, 0.717) is 12.1 Å². The summed E-state index contributed by atoms with van der Waals surface area (Å²) < 4.78 is 2.02. The first-order valence-corrected chi connectivity index (χ1v) is 10.3. The maximum Gasteiger partial charge on any atom is 0.326 e. The number of carbonyl (C=O) groups excluding carboxylic acids is 1. The molecule has 6 nitrogen and oxygen atoms in total. The van der Waals surface area contributed by atoms with Crippen molar-refractivity contribution in [3.63, 3.8) is 0 Å². The first kappa shape index (κ1) is 21.1. The van der Waals surface area contributed by atoms with Crippen LogP contribution in [-0.4, -0.2) is 33.1 Å². The number of nitrogens with one attached hydrogen (secondary N) is 1. The number of hydrogen-bond acceptors (Lipinski definition) is 3. The summed E-state index contributed by atoms with van der Waals surface area (Å²) in [5.74, 6) is -1.10. The second-order valence-corrected chi connectivity index (χ2v) is 7.46. The van der Waals surface area contributed by atoms with Crippen LogP contribution in [0.5, 0.6) is 0 Å². The molecule has 1 heterocycles. The van der Waals surface area contributed by atoms with Gasteiger partial charge in [0.25, 0.3) is 0 Å². The van der Waals surface area contributed by atoms with Gasteiger partial charge in [-0.05, 0) is 16.7 Å². The van der Waals surface area contributed by atoms with Crippen LogP contribution in [0.25, 0.3) is 0 Å². The zero-order valence-corrected chi connectivity index (χ0v) is 17.3. The van der Waals surface area contributed by atoms with E-state index in [4.69, 9.17) is 0 Å². The molecule has 4 aromatic rings. The van der Waals surface area contributed by atoms with Crippen LogP contribution in [0.4, 0.5) is 0 Å². The molecule has 0 aliphatic heterocycles. The number of hydrogen-bond donors (Lipinski definition) is 2. The lowest BCUT2D eigenvalue weighted by molar-refractivity contribution is -0.140. The molecule has 0 fully saturated rings. The van der Waals surface area contributed by atoms with Crippen molar-refractivity contribution in [1.29, 1.82) is 0 Å². The Balaban J connectivity index is 1.92. The minimum absolute atomic E-state index is 0.0789. The van der Waals surface area contributed by atoms with Gasteiger partial charge in [0.2, 0.25) is 6.41 Å². The standard InChI is InChI=1S/C26H23N3O3/c30-19-28-24(25(31)32)16-23-17-29(18-27-23)26(20-10-4-1-5-11-20,21-12-6-2-7-13-21)22-14-8-3-9-15-22/h1-15,17-19,24H,16H2,(H,28,30)(H,31,32). The molecule has 0 bridgehead atoms. The minimum Gasteiger partial charge on any atom is -0.480 e. The Labute approximate surface area is 186 Å². The van der Waals surface area contributed by atoms with Crippen LogP contribution in [0.1, 0.15) is 22.4 Å². The Morgan fingerprint density at radius 3 is 1.78 bits per heavy atom. The van der Waals surface area contributed by atoms with E-state index >= 15 is 0 Å². The molecule has 0 aliphatic carbocycles. The highest BCUT2D eigenvalue weighted by Crippen LogP contribution is 2.40. The van der Waals surface area contributed by atoms with Crippen LogP contribution < -0.4 is 5.32 Å². The number of nitrogens with zero attached hydrogens (tertiary/aromatic N) is 2. The third kappa shape index (κ3) is 3.90. The lowest BCUT2D eigenvalue weighted by atomic mass is 9.77. The largest absolute Gasteiger partial charge is 0.480 e. The van der Waals surface area contributed by atoms with Crippen molar-refractivity contribution in [1.82, 2.24) is 14.9 Å². The minimum atomic E-state index is -1.10. The molecule has 32 heavy (non-hydrogen) atoms. The number of rotatable bonds is 9. The monoisotopic (exact) mass is 425 g/mol. The van der Waals surface area contributed by atoms with E-state index in [1.54, 1.807) is 6.33 Å². The first-order valence-electron chi connectivity index (χ1n) is 10.3. The Kier molecular flexibility index (Phi) is 6.12. The predicted molar refractivity (Wildman–Crippen MR) is 121 cm³/mol. The van der Waals surface area contributed by atoms with Crippen molar-refractivity contribution in [2.24, 2.45) is 0 Å². The first-order chi connectivity index (χ1) is 15.7. The fourth-order valence-corrected chi connectivity index (χ4v) is 4.15. The number of carboxylic acid groups (broad SMARTS) is 1. The summed E-state index contributed by atoms with van der Waals surface area (Å²) in [5.41, 5.74) is 2.98. The van der Waals surface area contributed by atoms with Gasteiger partial charge in [0.15, 0.2) is 0 Å². The van der Waals surface area contributed by atoms with E-state index in [-0.39, 0.29) is 6.42 Å². The molecule has 0 saturated carbocycles. The molecule has 3 aromatic carbocycles. The number of imidazole rings is 1. The zero-order valence-electron chi connectivity index (χ0n) is 17.3. The zero-order chi connectivity index (χ0) is 22.4. The second kappa shape index (κ2) is 9.31. The van der Waals surface area contributed by atoms with Crippen molar-refractivity contribution in [2.75, 3.05) is 0 Å². The molecule has 6 heteroatoms. The van der Waals surface area contributed by atoms with Gasteiger partial charge in [-0.3, -0.25) is 4.79 Å². The van der Waals surface area contributed by atoms with Crippen LogP contribution >= 0.6 is 0 Å².